The van der Waals surface area contributed by atoms with E-state index in [2.05, 4.69) is 0 Å². The van der Waals surface area contributed by atoms with Crippen LogP contribution in [0, 0.1) is 34.5 Å². The van der Waals surface area contributed by atoms with E-state index in [1.165, 1.54) is 4.90 Å². The summed E-state index contributed by atoms with van der Waals surface area (Å²) >= 11 is 0. The summed E-state index contributed by atoms with van der Waals surface area (Å²) in [6, 6.07) is -0.645. The molecular weight excluding hydrogens is 578 g/mol. The summed E-state index contributed by atoms with van der Waals surface area (Å²) in [6.07, 6.45) is 2.15. The van der Waals surface area contributed by atoms with Crippen LogP contribution in [0.15, 0.2) is 0 Å². The van der Waals surface area contributed by atoms with Crippen molar-refractivity contribution in [3.8, 4) is 0 Å². The van der Waals surface area contributed by atoms with E-state index >= 15 is 0 Å². The first-order valence-electron chi connectivity index (χ1n) is 15.5. The van der Waals surface area contributed by atoms with Crippen LogP contribution in [0.2, 0.25) is 0 Å². The van der Waals surface area contributed by atoms with Crippen LogP contribution >= 0.6 is 0 Å². The van der Waals surface area contributed by atoms with E-state index in [1.807, 2.05) is 13.8 Å². The Morgan fingerprint density at radius 1 is 0.773 bits per heavy atom. The molecule has 3 fully saturated rings. The number of aliphatic carboxylic acids is 2. The van der Waals surface area contributed by atoms with Gasteiger partial charge in [0.2, 0.25) is 0 Å². The van der Waals surface area contributed by atoms with E-state index in [1.54, 1.807) is 27.7 Å². The second kappa shape index (κ2) is 16.0. The van der Waals surface area contributed by atoms with Crippen molar-refractivity contribution in [2.75, 3.05) is 26.4 Å². The molecule has 7 atom stereocenters. The minimum atomic E-state index is -1.09. The third-order valence-electron chi connectivity index (χ3n) is 9.24. The average Bonchev–Trinajstić information content (AvgIpc) is 3.65. The second-order valence-corrected chi connectivity index (χ2v) is 13.5. The third-order valence-corrected chi connectivity index (χ3v) is 9.24. The van der Waals surface area contributed by atoms with Gasteiger partial charge in [-0.2, -0.15) is 0 Å². The van der Waals surface area contributed by atoms with Gasteiger partial charge in [-0.25, -0.2) is 0 Å². The van der Waals surface area contributed by atoms with Crippen molar-refractivity contribution in [1.29, 1.82) is 0 Å². The smallest absolute Gasteiger partial charge is 0.321 e. The molecule has 0 amide bonds. The van der Waals surface area contributed by atoms with Gasteiger partial charge in [0.05, 0.1) is 22.7 Å². The maximum absolute atomic E-state index is 12.0. The molecule has 0 radical (unpaired) electrons. The number of piperidine rings is 1. The number of likely N-dealkylation sites (tertiary alicyclic amines) is 1. The number of ether oxygens (including phenoxy) is 3. The quantitative estimate of drug-likeness (QED) is 0.162. The van der Waals surface area contributed by atoms with Crippen molar-refractivity contribution in [2.45, 2.75) is 105 Å². The molecule has 7 unspecified atom stereocenters. The fourth-order valence-corrected chi connectivity index (χ4v) is 5.20. The van der Waals surface area contributed by atoms with Gasteiger partial charge in [-0.15, -0.1) is 0 Å². The molecule has 4 N–H and O–H groups in total. The van der Waals surface area contributed by atoms with E-state index in [-0.39, 0.29) is 38.1 Å². The van der Waals surface area contributed by atoms with Gasteiger partial charge >= 0.3 is 29.8 Å². The number of carbonyl (C=O) groups excluding carboxylic acids is 3. The topological polar surface area (TPSA) is 197 Å². The molecule has 2 saturated carbocycles. The number of carboxylic acid groups (broad SMARTS) is 2. The van der Waals surface area contributed by atoms with Crippen molar-refractivity contribution in [3.05, 3.63) is 0 Å². The third kappa shape index (κ3) is 10.4. The van der Waals surface area contributed by atoms with Crippen LogP contribution < -0.4 is 0 Å². The summed E-state index contributed by atoms with van der Waals surface area (Å²) in [5.41, 5.74) is -1.20. The van der Waals surface area contributed by atoms with Gasteiger partial charge in [0.1, 0.15) is 38.2 Å². The van der Waals surface area contributed by atoms with E-state index < -0.39 is 64.9 Å². The van der Waals surface area contributed by atoms with Crippen molar-refractivity contribution < 1.29 is 58.6 Å². The molecule has 0 aromatic rings. The second-order valence-electron chi connectivity index (χ2n) is 13.5. The van der Waals surface area contributed by atoms with Crippen LogP contribution in [0.25, 0.3) is 0 Å². The van der Waals surface area contributed by atoms with Crippen LogP contribution in [0.4, 0.5) is 0 Å². The molecule has 2 aliphatic carbocycles. The minimum Gasteiger partial charge on any atom is -0.481 e. The predicted molar refractivity (Wildman–Crippen MR) is 156 cm³/mol. The standard InChI is InChI=1S/C17H28O7.C14H23NO5/c1-4-17(2,3)16(22)24-10-13(18)9-23-15(21)12-7-5-6-11(8-12)14(19)20;1-4-14(2,3)13(19)20-7-10(16)15-6-8-5-9(8)11(15)12(17)18/h11-13,18H,4-10H2,1-3H3,(H,19,20);8-11,16H,4-7H2,1-3H3,(H,17,18). The highest BCUT2D eigenvalue weighted by Crippen LogP contribution is 2.50. The summed E-state index contributed by atoms with van der Waals surface area (Å²) in [4.78, 5) is 59.4. The molecule has 0 bridgehead atoms. The Balaban J connectivity index is 0.000000311. The molecule has 0 spiro atoms. The molecule has 3 rings (SSSR count). The zero-order valence-corrected chi connectivity index (χ0v) is 26.8. The van der Waals surface area contributed by atoms with Gasteiger partial charge in [-0.3, -0.25) is 28.9 Å². The molecule has 0 aromatic carbocycles. The Kier molecular flexibility index (Phi) is 13.6. The van der Waals surface area contributed by atoms with Crippen molar-refractivity contribution in [2.24, 2.45) is 34.5 Å². The van der Waals surface area contributed by atoms with E-state index in [0.717, 1.165) is 6.42 Å². The first-order chi connectivity index (χ1) is 20.4. The van der Waals surface area contributed by atoms with Crippen LogP contribution in [0.3, 0.4) is 0 Å². The summed E-state index contributed by atoms with van der Waals surface area (Å²) < 4.78 is 15.2. The summed E-state index contributed by atoms with van der Waals surface area (Å²) in [7, 11) is 0. The molecule has 13 nitrogen and oxygen atoms in total. The molecule has 252 valence electrons. The Morgan fingerprint density at radius 3 is 1.82 bits per heavy atom. The normalized spacial score (nSPS) is 26.2. The summed E-state index contributed by atoms with van der Waals surface area (Å²) in [5.74, 6) is -3.53. The maximum Gasteiger partial charge on any atom is 0.321 e. The highest BCUT2D eigenvalue weighted by molar-refractivity contribution is 5.77. The largest absolute Gasteiger partial charge is 0.481 e. The van der Waals surface area contributed by atoms with Crippen molar-refractivity contribution in [1.82, 2.24) is 4.90 Å². The predicted octanol–water partition coefficient (Wildman–Crippen LogP) is 2.45. The SMILES string of the molecule is CCC(C)(C)C(=O)OCC(O)COC(=O)C1CCCC(C(=O)O)C1.CCC(C)(C)C(=O)OCC(O)N1CC2CC2C1C(=O)O. The van der Waals surface area contributed by atoms with Crippen molar-refractivity contribution >= 4 is 29.8 Å². The number of rotatable bonds is 14. The molecular formula is C31H51NO12. The highest BCUT2D eigenvalue weighted by Gasteiger charge is 2.57. The first kappa shape index (κ1) is 37.4. The molecule has 13 heteroatoms. The van der Waals surface area contributed by atoms with E-state index in [4.69, 9.17) is 19.3 Å². The molecule has 3 aliphatic rings. The van der Waals surface area contributed by atoms with E-state index in [9.17, 15) is 39.3 Å². The Bertz CT molecular complexity index is 1030. The Hall–Kier alpha value is -2.77. The number of hydrogen-bond acceptors (Lipinski definition) is 11. The lowest BCUT2D eigenvalue weighted by Gasteiger charge is -2.30. The fraction of sp³-hybridized carbons (Fsp3) is 0.839. The molecule has 44 heavy (non-hydrogen) atoms. The lowest BCUT2D eigenvalue weighted by atomic mass is 9.81. The number of hydrogen-bond donors (Lipinski definition) is 4. The van der Waals surface area contributed by atoms with E-state index in [0.29, 0.717) is 44.6 Å². The van der Waals surface area contributed by atoms with Crippen LogP contribution in [0.1, 0.15) is 86.5 Å². The minimum absolute atomic E-state index is 0.143. The number of esters is 3. The van der Waals surface area contributed by atoms with Crippen molar-refractivity contribution in [3.63, 3.8) is 0 Å². The molecule has 1 heterocycles. The van der Waals surface area contributed by atoms with Gasteiger partial charge in [-0.1, -0.05) is 20.3 Å². The fourth-order valence-electron chi connectivity index (χ4n) is 5.20. The first-order valence-corrected chi connectivity index (χ1v) is 15.5. The van der Waals surface area contributed by atoms with Crippen LogP contribution in [-0.4, -0.2) is 99.9 Å². The highest BCUT2D eigenvalue weighted by atomic mass is 16.6. The van der Waals surface area contributed by atoms with Gasteiger partial charge < -0.3 is 34.6 Å². The lowest BCUT2D eigenvalue weighted by molar-refractivity contribution is -0.165. The molecule has 0 aromatic heterocycles. The number of aliphatic hydroxyl groups excluding tert-OH is 2. The lowest BCUT2D eigenvalue weighted by Crippen LogP contribution is -2.48. The summed E-state index contributed by atoms with van der Waals surface area (Å²) in [5, 5.41) is 38.1. The number of carboxylic acids is 2. The van der Waals surface area contributed by atoms with Gasteiger partial charge in [0, 0.05) is 6.54 Å². The monoisotopic (exact) mass is 629 g/mol. The zero-order chi connectivity index (χ0) is 33.4. The summed E-state index contributed by atoms with van der Waals surface area (Å²) in [6.45, 7) is 10.7. The number of aliphatic hydroxyl groups is 2. The Morgan fingerprint density at radius 2 is 1.30 bits per heavy atom. The number of nitrogens with zero attached hydrogens (tertiary/aromatic N) is 1. The van der Waals surface area contributed by atoms with Crippen LogP contribution in [-0.2, 0) is 38.2 Å². The molecule has 1 aliphatic heterocycles. The molecule has 1 saturated heterocycles. The zero-order valence-electron chi connectivity index (χ0n) is 26.8. The average molecular weight is 630 g/mol. The van der Waals surface area contributed by atoms with Crippen LogP contribution in [0.5, 0.6) is 0 Å². The van der Waals surface area contributed by atoms with Gasteiger partial charge in [0.15, 0.2) is 0 Å². The Labute approximate surface area is 259 Å². The number of fused-ring (bicyclic) bond motifs is 1. The maximum atomic E-state index is 12.0. The van der Waals surface area contributed by atoms with Gasteiger partial charge in [-0.05, 0) is 78.1 Å². The van der Waals surface area contributed by atoms with Gasteiger partial charge in [0.25, 0.3) is 0 Å². The number of carbonyl (C=O) groups is 5.